The molecule has 1 aliphatic heterocycles. The molecular formula is C22H29F2N3OS. The van der Waals surface area contributed by atoms with Crippen LogP contribution in [-0.4, -0.2) is 30.5 Å². The first-order valence-electron chi connectivity index (χ1n) is 9.95. The summed E-state index contributed by atoms with van der Waals surface area (Å²) >= 11 is 1.66. The maximum atomic E-state index is 14.7. The van der Waals surface area contributed by atoms with E-state index < -0.39 is 11.6 Å². The molecule has 0 radical (unpaired) electrons. The van der Waals surface area contributed by atoms with E-state index >= 15 is 0 Å². The van der Waals surface area contributed by atoms with Crippen molar-refractivity contribution >= 4 is 29.0 Å². The number of hydrogen-bond donors (Lipinski definition) is 2. The van der Waals surface area contributed by atoms with Gasteiger partial charge in [-0.05, 0) is 55.6 Å². The van der Waals surface area contributed by atoms with Crippen LogP contribution in [0.25, 0.3) is 0 Å². The third-order valence-electron chi connectivity index (χ3n) is 4.62. The Kier molecular flexibility index (Phi) is 7.24. The molecule has 0 aromatic heterocycles. The second kappa shape index (κ2) is 9.67. The summed E-state index contributed by atoms with van der Waals surface area (Å²) in [5.41, 5.74) is 2.51. The fraction of sp³-hybridized carbons (Fsp3) is 0.455. The van der Waals surface area contributed by atoms with Gasteiger partial charge in [-0.25, -0.2) is 8.78 Å². The largest absolute Gasteiger partial charge is 0.381 e. The van der Waals surface area contributed by atoms with E-state index in [4.69, 9.17) is 4.74 Å². The van der Waals surface area contributed by atoms with Crippen molar-refractivity contribution in [1.82, 2.24) is 0 Å². The molecule has 1 saturated heterocycles. The number of morpholine rings is 1. The number of hydrogen-bond acceptors (Lipinski definition) is 5. The van der Waals surface area contributed by atoms with E-state index in [1.165, 1.54) is 12.1 Å². The highest BCUT2D eigenvalue weighted by molar-refractivity contribution is 8.01. The van der Waals surface area contributed by atoms with Crippen molar-refractivity contribution in [2.45, 2.75) is 51.7 Å². The van der Waals surface area contributed by atoms with Gasteiger partial charge in [0.05, 0.1) is 12.2 Å². The summed E-state index contributed by atoms with van der Waals surface area (Å²) in [4.78, 5) is 1.73. The molecule has 158 valence electrons. The van der Waals surface area contributed by atoms with Crippen molar-refractivity contribution in [2.75, 3.05) is 28.0 Å². The fourth-order valence-electron chi connectivity index (χ4n) is 3.41. The van der Waals surface area contributed by atoms with E-state index in [9.17, 15) is 8.78 Å². The molecule has 0 spiro atoms. The number of ether oxygens (including phenoxy) is 1. The average Bonchev–Trinajstić information content (AvgIpc) is 2.64. The van der Waals surface area contributed by atoms with Crippen LogP contribution in [0.5, 0.6) is 0 Å². The highest BCUT2D eigenvalue weighted by Gasteiger charge is 2.26. The molecule has 0 saturated carbocycles. The van der Waals surface area contributed by atoms with E-state index in [0.29, 0.717) is 30.6 Å². The van der Waals surface area contributed by atoms with Crippen LogP contribution < -0.4 is 14.9 Å². The van der Waals surface area contributed by atoms with Crippen LogP contribution in [0, 0.1) is 11.6 Å². The van der Waals surface area contributed by atoms with Gasteiger partial charge in [-0.15, -0.1) is 0 Å². The molecule has 7 heteroatoms. The van der Waals surface area contributed by atoms with Gasteiger partial charge in [0.25, 0.3) is 0 Å². The maximum absolute atomic E-state index is 14.7. The average molecular weight is 422 g/mol. The highest BCUT2D eigenvalue weighted by Crippen LogP contribution is 2.30. The molecule has 2 aromatic carbocycles. The van der Waals surface area contributed by atoms with E-state index in [-0.39, 0.29) is 17.9 Å². The second-order valence-electron chi connectivity index (χ2n) is 7.77. The van der Waals surface area contributed by atoms with Crippen LogP contribution in [0.15, 0.2) is 36.4 Å². The molecular weight excluding hydrogens is 392 g/mol. The van der Waals surface area contributed by atoms with Crippen LogP contribution in [0.4, 0.5) is 25.8 Å². The van der Waals surface area contributed by atoms with Crippen LogP contribution in [-0.2, 0) is 11.3 Å². The summed E-state index contributed by atoms with van der Waals surface area (Å²) < 4.78 is 38.4. The van der Waals surface area contributed by atoms with Gasteiger partial charge in [0.1, 0.15) is 5.69 Å². The lowest BCUT2D eigenvalue weighted by Gasteiger charge is -2.37. The number of halogens is 2. The Labute approximate surface area is 176 Å². The van der Waals surface area contributed by atoms with Crippen LogP contribution in [0.2, 0.25) is 0 Å². The van der Waals surface area contributed by atoms with Crippen molar-refractivity contribution in [2.24, 2.45) is 0 Å². The lowest BCUT2D eigenvalue weighted by Crippen LogP contribution is -2.46. The van der Waals surface area contributed by atoms with E-state index in [1.54, 1.807) is 16.8 Å². The van der Waals surface area contributed by atoms with Crippen molar-refractivity contribution in [1.29, 1.82) is 0 Å². The molecule has 4 nitrogen and oxygen atoms in total. The minimum atomic E-state index is -0.556. The second-order valence-corrected chi connectivity index (χ2v) is 9.15. The molecule has 2 N–H and O–H groups in total. The Hall–Kier alpha value is -1.99. The van der Waals surface area contributed by atoms with Gasteiger partial charge in [0.15, 0.2) is 11.6 Å². The van der Waals surface area contributed by atoms with Gasteiger partial charge >= 0.3 is 0 Å². The lowest BCUT2D eigenvalue weighted by atomic mass is 10.1. The van der Waals surface area contributed by atoms with Crippen molar-refractivity contribution in [3.8, 4) is 0 Å². The molecule has 0 bridgehead atoms. The van der Waals surface area contributed by atoms with E-state index in [2.05, 4.69) is 23.9 Å². The maximum Gasteiger partial charge on any atom is 0.151 e. The molecule has 3 rings (SSSR count). The molecule has 0 aliphatic carbocycles. The third kappa shape index (κ3) is 6.00. The van der Waals surface area contributed by atoms with Gasteiger partial charge in [-0.2, -0.15) is 0 Å². The van der Waals surface area contributed by atoms with Gasteiger partial charge in [-0.3, -0.25) is 0 Å². The van der Waals surface area contributed by atoms with Crippen molar-refractivity contribution in [3.05, 3.63) is 53.6 Å². The number of nitrogens with zero attached hydrogens (tertiary/aromatic N) is 1. The lowest BCUT2D eigenvalue weighted by molar-refractivity contribution is -0.00557. The van der Waals surface area contributed by atoms with E-state index in [0.717, 1.165) is 11.3 Å². The van der Waals surface area contributed by atoms with Crippen molar-refractivity contribution in [3.63, 3.8) is 0 Å². The molecule has 1 aliphatic rings. The van der Waals surface area contributed by atoms with Gasteiger partial charge < -0.3 is 19.7 Å². The van der Waals surface area contributed by atoms with Gasteiger partial charge in [-0.1, -0.05) is 26.0 Å². The summed E-state index contributed by atoms with van der Waals surface area (Å²) in [6.07, 6.45) is -0.126. The number of rotatable bonds is 7. The normalized spacial score (nSPS) is 19.5. The summed E-state index contributed by atoms with van der Waals surface area (Å²) in [7, 11) is 0. The minimum Gasteiger partial charge on any atom is -0.381 e. The number of anilines is 3. The summed E-state index contributed by atoms with van der Waals surface area (Å²) in [6, 6.07) is 10.7. The highest BCUT2D eigenvalue weighted by atomic mass is 32.2. The SMILES string of the molecule is CC(C)SNc1ccc(CNc2cc(F)c(N3C[C@@H](C)O[C@@H](C)C3)c(F)c2)cc1. The topological polar surface area (TPSA) is 36.5 Å². The number of benzene rings is 2. The first-order chi connectivity index (χ1) is 13.8. The van der Waals surface area contributed by atoms with Gasteiger partial charge in [0, 0.05) is 36.3 Å². The Bertz CT molecular complexity index is 783. The van der Waals surface area contributed by atoms with E-state index in [1.807, 2.05) is 38.1 Å². The summed E-state index contributed by atoms with van der Waals surface area (Å²) in [5.74, 6) is -1.11. The molecule has 2 atom stereocenters. The van der Waals surface area contributed by atoms with Crippen molar-refractivity contribution < 1.29 is 13.5 Å². The standard InChI is InChI=1S/C22H29F2N3OS/c1-14(2)29-26-18-7-5-17(6-8-18)11-25-19-9-20(23)22(21(24)10-19)27-12-15(3)28-16(4)13-27/h5-10,14-16,25-26H,11-13H2,1-4H3/t15-,16+. The third-order valence-corrected chi connectivity index (χ3v) is 5.44. The van der Waals surface area contributed by atoms with Crippen LogP contribution in [0.1, 0.15) is 33.3 Å². The smallest absolute Gasteiger partial charge is 0.151 e. The molecule has 1 fully saturated rings. The molecule has 29 heavy (non-hydrogen) atoms. The first-order valence-corrected chi connectivity index (χ1v) is 10.8. The molecule has 1 heterocycles. The Balaban J connectivity index is 1.63. The zero-order valence-corrected chi connectivity index (χ0v) is 18.2. The van der Waals surface area contributed by atoms with Crippen LogP contribution >= 0.6 is 11.9 Å². The Morgan fingerprint density at radius 2 is 1.62 bits per heavy atom. The molecule has 0 amide bonds. The quantitative estimate of drug-likeness (QED) is 0.564. The van der Waals surface area contributed by atoms with Crippen LogP contribution in [0.3, 0.4) is 0 Å². The molecule has 2 aromatic rings. The number of nitrogens with one attached hydrogen (secondary N) is 2. The monoisotopic (exact) mass is 421 g/mol. The first kappa shape index (κ1) is 21.7. The Morgan fingerprint density at radius 3 is 2.17 bits per heavy atom. The Morgan fingerprint density at radius 1 is 1.03 bits per heavy atom. The van der Waals surface area contributed by atoms with Gasteiger partial charge in [0.2, 0.25) is 0 Å². The molecule has 0 unspecified atom stereocenters. The predicted octanol–water partition coefficient (Wildman–Crippen LogP) is 5.66. The zero-order chi connectivity index (χ0) is 21.0. The summed E-state index contributed by atoms with van der Waals surface area (Å²) in [5, 5.41) is 3.60. The predicted molar refractivity (Wildman–Crippen MR) is 119 cm³/mol. The minimum absolute atomic E-state index is 0.0237. The summed E-state index contributed by atoms with van der Waals surface area (Å²) in [6.45, 7) is 9.51. The zero-order valence-electron chi connectivity index (χ0n) is 17.3. The fourth-order valence-corrected chi connectivity index (χ4v) is 3.92.